The Hall–Kier alpha value is -0.160. The third-order valence-corrected chi connectivity index (χ3v) is 4.64. The summed E-state index contributed by atoms with van der Waals surface area (Å²) in [5, 5.41) is 3.05. The molecule has 90 valence electrons. The first-order valence-corrected chi connectivity index (χ1v) is 7.45. The van der Waals surface area contributed by atoms with Gasteiger partial charge in [0.2, 0.25) is 0 Å². The monoisotopic (exact) mass is 237 g/mol. The molecule has 0 aliphatic carbocycles. The molecule has 1 saturated heterocycles. The van der Waals surface area contributed by atoms with Gasteiger partial charge in [-0.15, -0.1) is 0 Å². The van der Waals surface area contributed by atoms with Gasteiger partial charge in [0.15, 0.2) is 0 Å². The molecule has 1 aliphatic rings. The SMILES string of the molecule is CCCS(=O)(=O)CCC(F)C1CCCN1. The van der Waals surface area contributed by atoms with Gasteiger partial charge in [-0.3, -0.25) is 0 Å². The van der Waals surface area contributed by atoms with Crippen LogP contribution in [0.25, 0.3) is 0 Å². The molecule has 0 saturated carbocycles. The number of nitrogens with one attached hydrogen (secondary N) is 1. The molecule has 1 N–H and O–H groups in total. The van der Waals surface area contributed by atoms with Crippen molar-refractivity contribution < 1.29 is 12.8 Å². The second-order valence-corrected chi connectivity index (χ2v) is 6.46. The zero-order valence-corrected chi connectivity index (χ0v) is 10.0. The van der Waals surface area contributed by atoms with Crippen LogP contribution in [0.2, 0.25) is 0 Å². The molecule has 0 aromatic carbocycles. The van der Waals surface area contributed by atoms with Crippen molar-refractivity contribution in [1.82, 2.24) is 5.32 Å². The van der Waals surface area contributed by atoms with Gasteiger partial charge in [-0.2, -0.15) is 0 Å². The van der Waals surface area contributed by atoms with Crippen LogP contribution in [0, 0.1) is 0 Å². The molecule has 3 nitrogen and oxygen atoms in total. The van der Waals surface area contributed by atoms with Gasteiger partial charge in [0.1, 0.15) is 16.0 Å². The maximum Gasteiger partial charge on any atom is 0.150 e. The molecule has 1 rings (SSSR count). The molecule has 1 heterocycles. The standard InChI is InChI=1S/C10H20FNO2S/c1-2-7-15(13,14)8-5-9(11)10-4-3-6-12-10/h9-10,12H,2-8H2,1H3. The van der Waals surface area contributed by atoms with E-state index in [9.17, 15) is 12.8 Å². The summed E-state index contributed by atoms with van der Waals surface area (Å²) < 4.78 is 36.3. The van der Waals surface area contributed by atoms with E-state index in [0.29, 0.717) is 6.42 Å². The zero-order valence-electron chi connectivity index (χ0n) is 9.21. The summed E-state index contributed by atoms with van der Waals surface area (Å²) in [6.07, 6.45) is 1.56. The Morgan fingerprint density at radius 2 is 2.20 bits per heavy atom. The van der Waals surface area contributed by atoms with Crippen LogP contribution in [0.1, 0.15) is 32.6 Å². The molecule has 2 unspecified atom stereocenters. The van der Waals surface area contributed by atoms with Crippen LogP contribution in [0.15, 0.2) is 0 Å². The lowest BCUT2D eigenvalue weighted by atomic mass is 10.1. The quantitative estimate of drug-likeness (QED) is 0.757. The first kappa shape index (κ1) is 12.9. The highest BCUT2D eigenvalue weighted by molar-refractivity contribution is 7.91. The second kappa shape index (κ2) is 5.80. The van der Waals surface area contributed by atoms with Gasteiger partial charge in [-0.25, -0.2) is 12.8 Å². The minimum Gasteiger partial charge on any atom is -0.311 e. The van der Waals surface area contributed by atoms with Crippen LogP contribution in [0.3, 0.4) is 0 Å². The van der Waals surface area contributed by atoms with Crippen LogP contribution in [-0.4, -0.2) is 38.7 Å². The number of alkyl halides is 1. The first-order valence-electron chi connectivity index (χ1n) is 5.63. The van der Waals surface area contributed by atoms with Crippen molar-refractivity contribution in [2.45, 2.75) is 44.8 Å². The molecule has 1 aliphatic heterocycles. The van der Waals surface area contributed by atoms with Gasteiger partial charge >= 0.3 is 0 Å². The smallest absolute Gasteiger partial charge is 0.150 e. The summed E-state index contributed by atoms with van der Waals surface area (Å²) in [5.41, 5.74) is 0. The summed E-state index contributed by atoms with van der Waals surface area (Å²) in [7, 11) is -3.02. The summed E-state index contributed by atoms with van der Waals surface area (Å²) >= 11 is 0. The van der Waals surface area contributed by atoms with Crippen molar-refractivity contribution in [3.63, 3.8) is 0 Å². The molecule has 5 heteroatoms. The third kappa shape index (κ3) is 4.47. The lowest BCUT2D eigenvalue weighted by Gasteiger charge is -2.15. The summed E-state index contributed by atoms with van der Waals surface area (Å²) in [6, 6.07) is -0.123. The average molecular weight is 237 g/mol. The second-order valence-electron chi connectivity index (χ2n) is 4.16. The molecule has 2 atom stereocenters. The van der Waals surface area contributed by atoms with E-state index in [1.54, 1.807) is 0 Å². The van der Waals surface area contributed by atoms with E-state index in [1.807, 2.05) is 6.92 Å². The Labute approximate surface area is 91.4 Å². The van der Waals surface area contributed by atoms with Crippen molar-refractivity contribution in [2.75, 3.05) is 18.1 Å². The molecule has 0 amide bonds. The van der Waals surface area contributed by atoms with Crippen molar-refractivity contribution in [1.29, 1.82) is 0 Å². The highest BCUT2D eigenvalue weighted by Gasteiger charge is 2.25. The number of hydrogen-bond acceptors (Lipinski definition) is 3. The lowest BCUT2D eigenvalue weighted by molar-refractivity contribution is 0.258. The van der Waals surface area contributed by atoms with E-state index in [4.69, 9.17) is 0 Å². The predicted molar refractivity (Wildman–Crippen MR) is 59.5 cm³/mol. The van der Waals surface area contributed by atoms with Crippen LogP contribution in [0.5, 0.6) is 0 Å². The Morgan fingerprint density at radius 1 is 1.47 bits per heavy atom. The molecule has 0 aromatic rings. The summed E-state index contributed by atoms with van der Waals surface area (Å²) in [6.45, 7) is 2.68. The number of halogens is 1. The van der Waals surface area contributed by atoms with Crippen molar-refractivity contribution in [3.05, 3.63) is 0 Å². The number of sulfone groups is 1. The maximum absolute atomic E-state index is 13.6. The predicted octanol–water partition coefficient (Wildman–Crippen LogP) is 1.29. The fraction of sp³-hybridized carbons (Fsp3) is 1.00. The summed E-state index contributed by atoms with van der Waals surface area (Å²) in [5.74, 6) is 0.165. The van der Waals surface area contributed by atoms with Gasteiger partial charge in [0.25, 0.3) is 0 Å². The van der Waals surface area contributed by atoms with E-state index in [1.165, 1.54) is 0 Å². The van der Waals surface area contributed by atoms with E-state index < -0.39 is 16.0 Å². The van der Waals surface area contributed by atoms with Gasteiger partial charge in [-0.1, -0.05) is 6.92 Å². The van der Waals surface area contributed by atoms with E-state index in [-0.39, 0.29) is 24.0 Å². The zero-order chi connectivity index (χ0) is 11.3. The maximum atomic E-state index is 13.6. The van der Waals surface area contributed by atoms with Crippen molar-refractivity contribution >= 4 is 9.84 Å². The Kier molecular flexibility index (Phi) is 4.99. The van der Waals surface area contributed by atoms with Gasteiger partial charge in [-0.05, 0) is 32.2 Å². The molecule has 15 heavy (non-hydrogen) atoms. The normalized spacial score (nSPS) is 24.3. The third-order valence-electron chi connectivity index (χ3n) is 2.75. The average Bonchev–Trinajstić information content (AvgIpc) is 2.67. The van der Waals surface area contributed by atoms with Crippen LogP contribution in [0.4, 0.5) is 4.39 Å². The van der Waals surface area contributed by atoms with E-state index >= 15 is 0 Å². The fourth-order valence-electron chi connectivity index (χ4n) is 1.93. The van der Waals surface area contributed by atoms with Gasteiger partial charge < -0.3 is 5.32 Å². The Bertz CT molecular complexity index is 273. The lowest BCUT2D eigenvalue weighted by Crippen LogP contribution is -2.33. The Morgan fingerprint density at radius 3 is 2.73 bits per heavy atom. The van der Waals surface area contributed by atoms with Crippen LogP contribution < -0.4 is 5.32 Å². The Balaban J connectivity index is 2.29. The molecule has 0 spiro atoms. The number of rotatable bonds is 6. The molecular weight excluding hydrogens is 217 g/mol. The van der Waals surface area contributed by atoms with Crippen LogP contribution in [-0.2, 0) is 9.84 Å². The number of hydrogen-bond donors (Lipinski definition) is 1. The fourth-order valence-corrected chi connectivity index (χ4v) is 3.34. The van der Waals surface area contributed by atoms with Gasteiger partial charge in [0, 0.05) is 11.8 Å². The van der Waals surface area contributed by atoms with E-state index in [2.05, 4.69) is 5.32 Å². The molecule has 0 aromatic heterocycles. The van der Waals surface area contributed by atoms with Gasteiger partial charge in [0.05, 0.1) is 5.75 Å². The largest absolute Gasteiger partial charge is 0.311 e. The minimum absolute atomic E-state index is 0.0137. The molecular formula is C10H20FNO2S. The minimum atomic E-state index is -3.02. The summed E-state index contributed by atoms with van der Waals surface area (Å²) in [4.78, 5) is 0. The topological polar surface area (TPSA) is 46.2 Å². The van der Waals surface area contributed by atoms with E-state index in [0.717, 1.165) is 19.4 Å². The highest BCUT2D eigenvalue weighted by Crippen LogP contribution is 2.15. The first-order chi connectivity index (χ1) is 7.05. The van der Waals surface area contributed by atoms with Crippen molar-refractivity contribution in [2.24, 2.45) is 0 Å². The molecule has 0 radical (unpaired) electrons. The van der Waals surface area contributed by atoms with Crippen molar-refractivity contribution in [3.8, 4) is 0 Å². The highest BCUT2D eigenvalue weighted by atomic mass is 32.2. The molecule has 0 bridgehead atoms. The van der Waals surface area contributed by atoms with Crippen LogP contribution >= 0.6 is 0 Å². The molecule has 1 fully saturated rings.